The minimum atomic E-state index is -0.0901. The van der Waals surface area contributed by atoms with Gasteiger partial charge in [-0.15, -0.1) is 0 Å². The quantitative estimate of drug-likeness (QED) is 0.693. The van der Waals surface area contributed by atoms with Crippen molar-refractivity contribution < 1.29 is 9.59 Å². The van der Waals surface area contributed by atoms with Crippen molar-refractivity contribution >= 4 is 11.8 Å². The molecule has 0 heterocycles. The summed E-state index contributed by atoms with van der Waals surface area (Å²) in [5.41, 5.74) is 0. The van der Waals surface area contributed by atoms with Crippen LogP contribution in [0.4, 0.5) is 0 Å². The Morgan fingerprint density at radius 1 is 1.18 bits per heavy atom. The molecule has 0 radical (unpaired) electrons. The molecule has 5 heteroatoms. The van der Waals surface area contributed by atoms with Crippen molar-refractivity contribution in [1.29, 1.82) is 0 Å². The minimum Gasteiger partial charge on any atom is -0.354 e. The standard InChI is InChI=1S/C12H25N3O2/c1-10(2)8-13-12(17)9-15(11(3)16)7-6-14(4)5/h10H,6-9H2,1-5H3,(H,13,17). The Bertz CT molecular complexity index is 252. The van der Waals surface area contributed by atoms with Gasteiger partial charge in [0.25, 0.3) is 0 Å². The van der Waals surface area contributed by atoms with Gasteiger partial charge in [-0.1, -0.05) is 13.8 Å². The lowest BCUT2D eigenvalue weighted by Gasteiger charge is -2.22. The molecule has 0 spiro atoms. The van der Waals surface area contributed by atoms with Gasteiger partial charge in [-0.3, -0.25) is 9.59 Å². The molecule has 0 saturated heterocycles. The number of amides is 2. The first-order valence-corrected chi connectivity index (χ1v) is 6.00. The van der Waals surface area contributed by atoms with Crippen LogP contribution in [0.15, 0.2) is 0 Å². The average Bonchev–Trinajstić information content (AvgIpc) is 2.20. The van der Waals surface area contributed by atoms with Gasteiger partial charge in [0.2, 0.25) is 11.8 Å². The SMILES string of the molecule is CC(=O)N(CCN(C)C)CC(=O)NCC(C)C. The number of nitrogens with zero attached hydrogens (tertiary/aromatic N) is 2. The van der Waals surface area contributed by atoms with E-state index >= 15 is 0 Å². The molecule has 0 aliphatic rings. The van der Waals surface area contributed by atoms with E-state index in [0.717, 1.165) is 6.54 Å². The lowest BCUT2D eigenvalue weighted by atomic mass is 10.2. The molecular formula is C12H25N3O2. The van der Waals surface area contributed by atoms with E-state index in [-0.39, 0.29) is 18.4 Å². The summed E-state index contributed by atoms with van der Waals surface area (Å²) in [5, 5.41) is 2.81. The van der Waals surface area contributed by atoms with Gasteiger partial charge >= 0.3 is 0 Å². The zero-order valence-corrected chi connectivity index (χ0v) is 11.6. The first-order valence-electron chi connectivity index (χ1n) is 6.00. The summed E-state index contributed by atoms with van der Waals surface area (Å²) in [6, 6.07) is 0. The summed E-state index contributed by atoms with van der Waals surface area (Å²) in [4.78, 5) is 26.5. The number of rotatable bonds is 7. The van der Waals surface area contributed by atoms with Gasteiger partial charge in [0.15, 0.2) is 0 Å². The molecule has 17 heavy (non-hydrogen) atoms. The predicted molar refractivity (Wildman–Crippen MR) is 68.7 cm³/mol. The Hall–Kier alpha value is -1.10. The number of hydrogen-bond acceptors (Lipinski definition) is 3. The molecule has 0 rings (SSSR count). The summed E-state index contributed by atoms with van der Waals surface area (Å²) >= 11 is 0. The molecule has 0 aromatic rings. The van der Waals surface area contributed by atoms with Crippen LogP contribution < -0.4 is 5.32 Å². The van der Waals surface area contributed by atoms with Crippen molar-refractivity contribution in [2.75, 3.05) is 40.3 Å². The van der Waals surface area contributed by atoms with E-state index < -0.39 is 0 Å². The average molecular weight is 243 g/mol. The van der Waals surface area contributed by atoms with Gasteiger partial charge < -0.3 is 15.1 Å². The lowest BCUT2D eigenvalue weighted by molar-refractivity contribution is -0.134. The van der Waals surface area contributed by atoms with Gasteiger partial charge in [0, 0.05) is 26.6 Å². The second kappa shape index (κ2) is 8.06. The first-order chi connectivity index (χ1) is 7.82. The minimum absolute atomic E-state index is 0.0634. The molecule has 0 saturated carbocycles. The smallest absolute Gasteiger partial charge is 0.239 e. The normalized spacial score (nSPS) is 10.8. The zero-order valence-electron chi connectivity index (χ0n) is 11.6. The number of carbonyl (C=O) groups excluding carboxylic acids is 2. The number of likely N-dealkylation sites (N-methyl/N-ethyl adjacent to an activating group) is 1. The first kappa shape index (κ1) is 15.9. The largest absolute Gasteiger partial charge is 0.354 e. The van der Waals surface area contributed by atoms with Gasteiger partial charge in [-0.25, -0.2) is 0 Å². The Balaban J connectivity index is 4.07. The van der Waals surface area contributed by atoms with E-state index in [4.69, 9.17) is 0 Å². The molecule has 0 aromatic heterocycles. The van der Waals surface area contributed by atoms with Gasteiger partial charge in [-0.2, -0.15) is 0 Å². The van der Waals surface area contributed by atoms with Crippen LogP contribution in [0.3, 0.4) is 0 Å². The van der Waals surface area contributed by atoms with Crippen LogP contribution in [-0.2, 0) is 9.59 Å². The third-order valence-corrected chi connectivity index (χ3v) is 2.30. The van der Waals surface area contributed by atoms with E-state index in [1.165, 1.54) is 6.92 Å². The highest BCUT2D eigenvalue weighted by Crippen LogP contribution is 1.92. The van der Waals surface area contributed by atoms with Crippen LogP contribution in [0, 0.1) is 5.92 Å². The van der Waals surface area contributed by atoms with E-state index in [2.05, 4.69) is 5.32 Å². The molecule has 0 fully saturated rings. The molecule has 5 nitrogen and oxygen atoms in total. The maximum atomic E-state index is 11.6. The number of carbonyl (C=O) groups is 2. The zero-order chi connectivity index (χ0) is 13.4. The Morgan fingerprint density at radius 3 is 2.18 bits per heavy atom. The van der Waals surface area contributed by atoms with Crippen molar-refractivity contribution in [2.45, 2.75) is 20.8 Å². The topological polar surface area (TPSA) is 52.7 Å². The van der Waals surface area contributed by atoms with Crippen LogP contribution >= 0.6 is 0 Å². The molecular weight excluding hydrogens is 218 g/mol. The highest BCUT2D eigenvalue weighted by atomic mass is 16.2. The second-order valence-electron chi connectivity index (χ2n) is 4.94. The van der Waals surface area contributed by atoms with Gasteiger partial charge in [0.1, 0.15) is 0 Å². The number of hydrogen-bond donors (Lipinski definition) is 1. The summed E-state index contributed by atoms with van der Waals surface area (Å²) in [6.07, 6.45) is 0. The van der Waals surface area contributed by atoms with Crippen LogP contribution in [0.5, 0.6) is 0 Å². The van der Waals surface area contributed by atoms with E-state index in [1.807, 2.05) is 32.8 Å². The maximum Gasteiger partial charge on any atom is 0.239 e. The highest BCUT2D eigenvalue weighted by molar-refractivity contribution is 5.83. The summed E-state index contributed by atoms with van der Waals surface area (Å²) in [5.74, 6) is 0.269. The van der Waals surface area contributed by atoms with E-state index in [1.54, 1.807) is 4.90 Å². The maximum absolute atomic E-state index is 11.6. The van der Waals surface area contributed by atoms with Crippen molar-refractivity contribution in [3.8, 4) is 0 Å². The van der Waals surface area contributed by atoms with Crippen molar-refractivity contribution in [1.82, 2.24) is 15.1 Å². The molecule has 1 N–H and O–H groups in total. The fourth-order valence-electron chi connectivity index (χ4n) is 1.22. The fraction of sp³-hybridized carbons (Fsp3) is 0.833. The lowest BCUT2D eigenvalue weighted by Crippen LogP contribution is -2.43. The Labute approximate surface area is 104 Å². The van der Waals surface area contributed by atoms with Crippen LogP contribution in [-0.4, -0.2) is 61.9 Å². The fourth-order valence-corrected chi connectivity index (χ4v) is 1.22. The molecule has 0 bridgehead atoms. The summed E-state index contributed by atoms with van der Waals surface area (Å²) in [7, 11) is 3.88. The molecule has 0 aliphatic carbocycles. The van der Waals surface area contributed by atoms with Crippen LogP contribution in [0.2, 0.25) is 0 Å². The summed E-state index contributed by atoms with van der Waals surface area (Å²) in [6.45, 7) is 7.71. The third-order valence-electron chi connectivity index (χ3n) is 2.30. The highest BCUT2D eigenvalue weighted by Gasteiger charge is 2.13. The second-order valence-corrected chi connectivity index (χ2v) is 4.94. The van der Waals surface area contributed by atoms with E-state index in [0.29, 0.717) is 19.0 Å². The molecule has 2 amide bonds. The molecule has 0 unspecified atom stereocenters. The monoisotopic (exact) mass is 243 g/mol. The third kappa shape index (κ3) is 8.68. The van der Waals surface area contributed by atoms with Crippen molar-refractivity contribution in [2.24, 2.45) is 5.92 Å². The van der Waals surface area contributed by atoms with Gasteiger partial charge in [-0.05, 0) is 20.0 Å². The number of nitrogens with one attached hydrogen (secondary N) is 1. The van der Waals surface area contributed by atoms with Crippen LogP contribution in [0.1, 0.15) is 20.8 Å². The molecule has 100 valence electrons. The van der Waals surface area contributed by atoms with Gasteiger partial charge in [0.05, 0.1) is 6.54 Å². The molecule has 0 aliphatic heterocycles. The van der Waals surface area contributed by atoms with E-state index in [9.17, 15) is 9.59 Å². The predicted octanol–water partition coefficient (Wildman–Crippen LogP) is 0.169. The molecule has 0 atom stereocenters. The Morgan fingerprint density at radius 2 is 1.76 bits per heavy atom. The summed E-state index contributed by atoms with van der Waals surface area (Å²) < 4.78 is 0. The Kier molecular flexibility index (Phi) is 7.54. The van der Waals surface area contributed by atoms with Crippen molar-refractivity contribution in [3.63, 3.8) is 0 Å². The van der Waals surface area contributed by atoms with Crippen molar-refractivity contribution in [3.05, 3.63) is 0 Å². The van der Waals surface area contributed by atoms with Crippen LogP contribution in [0.25, 0.3) is 0 Å². The molecule has 0 aromatic carbocycles.